The van der Waals surface area contributed by atoms with E-state index in [1.807, 2.05) is 0 Å². The van der Waals surface area contributed by atoms with Crippen molar-refractivity contribution in [2.45, 2.75) is 40.0 Å². The second kappa shape index (κ2) is 3.98. The van der Waals surface area contributed by atoms with Crippen LogP contribution in [0.4, 0.5) is 4.79 Å². The Balaban J connectivity index is 2.59. The highest BCUT2D eigenvalue weighted by Gasteiger charge is 2.31. The summed E-state index contributed by atoms with van der Waals surface area (Å²) in [4.78, 5) is 10.5. The maximum absolute atomic E-state index is 10.5. The van der Waals surface area contributed by atoms with E-state index >= 15 is 0 Å². The summed E-state index contributed by atoms with van der Waals surface area (Å²) >= 11 is 0. The highest BCUT2D eigenvalue weighted by atomic mass is 16.2. The van der Waals surface area contributed by atoms with E-state index in [1.54, 1.807) is 0 Å². The van der Waals surface area contributed by atoms with Gasteiger partial charge in [0.05, 0.1) is 0 Å². The zero-order valence-electron chi connectivity index (χ0n) is 9.13. The number of hydrogen-bond donors (Lipinski definition) is 2. The van der Waals surface area contributed by atoms with E-state index in [1.165, 1.54) is 0 Å². The Kier molecular flexibility index (Phi) is 3.13. The average molecular weight is 197 g/mol. The molecule has 0 bridgehead atoms. The molecule has 1 saturated carbocycles. The van der Waals surface area contributed by atoms with Crippen molar-refractivity contribution in [3.8, 4) is 0 Å². The number of carbonyl (C=O) groups is 1. The first-order valence-electron chi connectivity index (χ1n) is 5.02. The lowest BCUT2D eigenvalue weighted by Crippen LogP contribution is -2.33. The third-order valence-electron chi connectivity index (χ3n) is 3.18. The molecule has 0 unspecified atom stereocenters. The molecule has 0 aliphatic heterocycles. The molecule has 1 aliphatic rings. The summed E-state index contributed by atoms with van der Waals surface area (Å²) in [7, 11) is 0. The van der Waals surface area contributed by atoms with Crippen LogP contribution < -0.4 is 11.2 Å². The first-order chi connectivity index (χ1) is 6.42. The standard InChI is InChI=1S/C10H19N3O/c1-7-4-5-8(6-10(7,2)3)12-13-9(11)14/h7H,4-6H2,1-3H3,(H3,11,13,14)/b12-8+/t7-/m1/s1. The SMILES string of the molecule is C[C@@H]1CC/C(=N\NC(N)=O)CC1(C)C. The lowest BCUT2D eigenvalue weighted by molar-refractivity contribution is 0.211. The van der Waals surface area contributed by atoms with Crippen molar-refractivity contribution in [1.29, 1.82) is 0 Å². The third-order valence-corrected chi connectivity index (χ3v) is 3.18. The molecule has 0 radical (unpaired) electrons. The van der Waals surface area contributed by atoms with E-state index in [-0.39, 0.29) is 5.41 Å². The van der Waals surface area contributed by atoms with Gasteiger partial charge >= 0.3 is 6.03 Å². The van der Waals surface area contributed by atoms with Crippen molar-refractivity contribution in [2.75, 3.05) is 0 Å². The van der Waals surface area contributed by atoms with Gasteiger partial charge in [0.25, 0.3) is 0 Å². The smallest absolute Gasteiger partial charge is 0.332 e. The van der Waals surface area contributed by atoms with Crippen molar-refractivity contribution >= 4 is 11.7 Å². The molecule has 0 aromatic carbocycles. The van der Waals surface area contributed by atoms with E-state index in [0.29, 0.717) is 5.92 Å². The zero-order valence-corrected chi connectivity index (χ0v) is 9.13. The Bertz CT molecular complexity index is 258. The largest absolute Gasteiger partial charge is 0.350 e. The average Bonchev–Trinajstić information content (AvgIpc) is 2.07. The molecule has 2 amide bonds. The summed E-state index contributed by atoms with van der Waals surface area (Å²) in [5.41, 5.74) is 8.56. The van der Waals surface area contributed by atoms with Crippen molar-refractivity contribution in [3.63, 3.8) is 0 Å². The van der Waals surface area contributed by atoms with E-state index in [2.05, 4.69) is 31.3 Å². The van der Waals surface area contributed by atoms with Crippen LogP contribution in [0.25, 0.3) is 0 Å². The molecule has 1 fully saturated rings. The minimum atomic E-state index is -0.589. The molecule has 0 heterocycles. The zero-order chi connectivity index (χ0) is 10.8. The number of hydrazone groups is 1. The van der Waals surface area contributed by atoms with Crippen LogP contribution in [0.2, 0.25) is 0 Å². The first kappa shape index (κ1) is 11.0. The molecular weight excluding hydrogens is 178 g/mol. The summed E-state index contributed by atoms with van der Waals surface area (Å²) in [5.74, 6) is 0.704. The van der Waals surface area contributed by atoms with Crippen molar-refractivity contribution in [1.82, 2.24) is 5.43 Å². The summed E-state index contributed by atoms with van der Waals surface area (Å²) in [6, 6.07) is -0.589. The van der Waals surface area contributed by atoms with Crippen molar-refractivity contribution in [2.24, 2.45) is 22.2 Å². The fourth-order valence-corrected chi connectivity index (χ4v) is 1.79. The highest BCUT2D eigenvalue weighted by Crippen LogP contribution is 2.38. The summed E-state index contributed by atoms with van der Waals surface area (Å²) in [5, 5.41) is 4.00. The van der Waals surface area contributed by atoms with Crippen LogP contribution in [0, 0.1) is 11.3 Å². The van der Waals surface area contributed by atoms with Crippen LogP contribution in [0.3, 0.4) is 0 Å². The van der Waals surface area contributed by atoms with Gasteiger partial charge in [-0.1, -0.05) is 20.8 Å². The van der Waals surface area contributed by atoms with Crippen LogP contribution in [-0.4, -0.2) is 11.7 Å². The molecule has 1 atom stereocenters. The van der Waals surface area contributed by atoms with Gasteiger partial charge in [-0.05, 0) is 30.6 Å². The monoisotopic (exact) mass is 197 g/mol. The molecular formula is C10H19N3O. The van der Waals surface area contributed by atoms with Crippen LogP contribution in [0.1, 0.15) is 40.0 Å². The molecule has 1 aliphatic carbocycles. The Labute approximate surface area is 84.9 Å². The number of primary amides is 1. The molecule has 0 aromatic heterocycles. The van der Waals surface area contributed by atoms with Crippen LogP contribution in [0.5, 0.6) is 0 Å². The van der Waals surface area contributed by atoms with Gasteiger partial charge in [-0.3, -0.25) is 0 Å². The molecule has 1 rings (SSSR count). The second-order valence-corrected chi connectivity index (χ2v) is 4.76. The van der Waals surface area contributed by atoms with Crippen molar-refractivity contribution < 1.29 is 4.79 Å². The maximum atomic E-state index is 10.5. The third kappa shape index (κ3) is 2.72. The van der Waals surface area contributed by atoms with Gasteiger partial charge in [0.1, 0.15) is 0 Å². The molecule has 80 valence electrons. The predicted molar refractivity (Wildman–Crippen MR) is 57.0 cm³/mol. The first-order valence-corrected chi connectivity index (χ1v) is 5.02. The Morgan fingerprint density at radius 3 is 2.79 bits per heavy atom. The number of nitrogens with zero attached hydrogens (tertiary/aromatic N) is 1. The van der Waals surface area contributed by atoms with Gasteiger partial charge in [-0.15, -0.1) is 0 Å². The van der Waals surface area contributed by atoms with Crippen LogP contribution >= 0.6 is 0 Å². The maximum Gasteiger partial charge on any atom is 0.332 e. The molecule has 0 saturated heterocycles. The van der Waals surface area contributed by atoms with Gasteiger partial charge in [0.2, 0.25) is 0 Å². The van der Waals surface area contributed by atoms with Gasteiger partial charge < -0.3 is 5.73 Å². The van der Waals surface area contributed by atoms with Crippen molar-refractivity contribution in [3.05, 3.63) is 0 Å². The molecule has 4 nitrogen and oxygen atoms in total. The lowest BCUT2D eigenvalue weighted by Gasteiger charge is -2.36. The summed E-state index contributed by atoms with van der Waals surface area (Å²) in [6.45, 7) is 6.73. The molecule has 4 heteroatoms. The number of urea groups is 1. The minimum Gasteiger partial charge on any atom is -0.350 e. The Morgan fingerprint density at radius 1 is 1.64 bits per heavy atom. The number of nitrogens with two attached hydrogens (primary N) is 1. The van der Waals surface area contributed by atoms with E-state index in [9.17, 15) is 4.79 Å². The van der Waals surface area contributed by atoms with Gasteiger partial charge in [0, 0.05) is 5.71 Å². The Morgan fingerprint density at radius 2 is 2.29 bits per heavy atom. The van der Waals surface area contributed by atoms with Gasteiger partial charge in [-0.2, -0.15) is 5.10 Å². The van der Waals surface area contributed by atoms with E-state index < -0.39 is 6.03 Å². The highest BCUT2D eigenvalue weighted by molar-refractivity contribution is 5.87. The van der Waals surface area contributed by atoms with E-state index in [0.717, 1.165) is 25.0 Å². The number of carbonyl (C=O) groups excluding carboxylic acids is 1. The fraction of sp³-hybridized carbons (Fsp3) is 0.800. The fourth-order valence-electron chi connectivity index (χ4n) is 1.79. The van der Waals surface area contributed by atoms with Crippen LogP contribution in [0.15, 0.2) is 5.10 Å². The normalized spacial score (nSPS) is 28.8. The molecule has 0 spiro atoms. The second-order valence-electron chi connectivity index (χ2n) is 4.76. The Hall–Kier alpha value is -1.06. The molecule has 14 heavy (non-hydrogen) atoms. The van der Waals surface area contributed by atoms with Crippen LogP contribution in [-0.2, 0) is 0 Å². The number of rotatable bonds is 1. The number of hydrogen-bond acceptors (Lipinski definition) is 2. The quantitative estimate of drug-likeness (QED) is 0.619. The van der Waals surface area contributed by atoms with Gasteiger partial charge in [-0.25, -0.2) is 10.2 Å². The minimum absolute atomic E-state index is 0.274. The molecule has 0 aromatic rings. The van der Waals surface area contributed by atoms with E-state index in [4.69, 9.17) is 5.73 Å². The summed E-state index contributed by atoms with van der Waals surface area (Å²) in [6.07, 6.45) is 3.03. The topological polar surface area (TPSA) is 67.5 Å². The number of amides is 2. The number of nitrogens with one attached hydrogen (secondary N) is 1. The molecule has 3 N–H and O–H groups in total. The lowest BCUT2D eigenvalue weighted by atomic mass is 9.69. The van der Waals surface area contributed by atoms with Gasteiger partial charge in [0.15, 0.2) is 0 Å². The summed E-state index contributed by atoms with van der Waals surface area (Å²) < 4.78 is 0. The predicted octanol–water partition coefficient (Wildman–Crippen LogP) is 1.86.